The lowest BCUT2D eigenvalue weighted by atomic mass is 9.85. The van der Waals surface area contributed by atoms with Gasteiger partial charge in [0.25, 0.3) is 0 Å². The molecule has 10 heteroatoms. The van der Waals surface area contributed by atoms with Crippen molar-refractivity contribution in [2.45, 2.75) is 72.4 Å². The SMILES string of the molecule is Cc1ccc(C2=N/C(=C(/c3ccccc3)c3c(-c4ccc(C(C)(C)C)cc4)cc(-c4ccc(C(C)(C)C)cc4)n3B(Oc3cc(C)cc(F)c3)Oc3cc(F)cc(C(F)(F)F)c3)c3ccccc32)cc1. The largest absolute Gasteiger partial charge is 0.743 e. The highest BCUT2D eigenvalue weighted by atomic mass is 19.4. The fraction of sp³-hybridized carbons (Fsp3) is 0.183. The summed E-state index contributed by atoms with van der Waals surface area (Å²) in [7, 11) is -1.70. The van der Waals surface area contributed by atoms with Gasteiger partial charge in [0, 0.05) is 45.7 Å². The first-order chi connectivity index (χ1) is 33.2. The Hall–Kier alpha value is -7.46. The van der Waals surface area contributed by atoms with Gasteiger partial charge in [0.15, 0.2) is 0 Å². The summed E-state index contributed by atoms with van der Waals surface area (Å²) in [6, 6.07) is 50.5. The van der Waals surface area contributed by atoms with E-state index in [2.05, 4.69) is 65.8 Å². The number of halogens is 5. The summed E-state index contributed by atoms with van der Waals surface area (Å²) in [5, 5.41) is 0. The summed E-state index contributed by atoms with van der Waals surface area (Å²) in [6.07, 6.45) is -4.91. The van der Waals surface area contributed by atoms with Crippen molar-refractivity contribution in [3.8, 4) is 33.9 Å². The molecule has 1 aliphatic rings. The van der Waals surface area contributed by atoms with Gasteiger partial charge in [0.2, 0.25) is 0 Å². The van der Waals surface area contributed by atoms with Crippen LogP contribution in [0.4, 0.5) is 22.0 Å². The Kier molecular flexibility index (Phi) is 12.6. The van der Waals surface area contributed by atoms with E-state index in [1.165, 1.54) is 12.1 Å². The molecule has 9 rings (SSSR count). The Balaban J connectivity index is 1.45. The van der Waals surface area contributed by atoms with Crippen molar-refractivity contribution in [2.75, 3.05) is 0 Å². The maximum Gasteiger partial charge on any atom is 0.743 e. The maximum absolute atomic E-state index is 15.4. The van der Waals surface area contributed by atoms with Crippen LogP contribution in [0.2, 0.25) is 0 Å². The molecule has 0 amide bonds. The molecule has 0 saturated heterocycles. The summed E-state index contributed by atoms with van der Waals surface area (Å²) in [5.41, 5.74) is 10.9. The smallest absolute Gasteiger partial charge is 0.506 e. The van der Waals surface area contributed by atoms with E-state index in [0.29, 0.717) is 45.4 Å². The van der Waals surface area contributed by atoms with Crippen LogP contribution in [-0.4, -0.2) is 17.4 Å². The molecule has 0 bridgehead atoms. The third kappa shape index (κ3) is 9.86. The zero-order chi connectivity index (χ0) is 49.7. The molecular weight excluding hydrogens is 886 g/mol. The molecule has 2 heterocycles. The van der Waals surface area contributed by atoms with Crippen molar-refractivity contribution >= 4 is 24.2 Å². The molecule has 352 valence electrons. The molecule has 1 aromatic heterocycles. The number of hydrogen-bond acceptors (Lipinski definition) is 3. The van der Waals surface area contributed by atoms with E-state index in [1.54, 1.807) is 17.5 Å². The van der Waals surface area contributed by atoms with Gasteiger partial charge in [-0.2, -0.15) is 13.2 Å². The van der Waals surface area contributed by atoms with E-state index in [4.69, 9.17) is 14.3 Å². The van der Waals surface area contributed by atoms with E-state index in [-0.39, 0.29) is 16.6 Å². The zero-order valence-electron chi connectivity index (χ0n) is 40.3. The van der Waals surface area contributed by atoms with E-state index in [0.717, 1.165) is 62.4 Å². The monoisotopic (exact) mass is 938 g/mol. The van der Waals surface area contributed by atoms with Gasteiger partial charge in [-0.3, -0.25) is 0 Å². The first-order valence-corrected chi connectivity index (χ1v) is 23.2. The van der Waals surface area contributed by atoms with Gasteiger partial charge in [0.05, 0.1) is 22.7 Å². The highest BCUT2D eigenvalue weighted by molar-refractivity contribution is 6.46. The van der Waals surface area contributed by atoms with Gasteiger partial charge in [-0.05, 0) is 88.4 Å². The molecule has 0 radical (unpaired) electrons. The van der Waals surface area contributed by atoms with Gasteiger partial charge in [0.1, 0.15) is 23.1 Å². The fourth-order valence-electron chi connectivity index (χ4n) is 8.90. The van der Waals surface area contributed by atoms with Crippen LogP contribution in [0, 0.1) is 25.5 Å². The lowest BCUT2D eigenvalue weighted by molar-refractivity contribution is -0.137. The van der Waals surface area contributed by atoms with Crippen LogP contribution < -0.4 is 9.31 Å². The number of hydrogen-bond donors (Lipinski definition) is 0. The maximum atomic E-state index is 15.4. The number of benzene rings is 7. The summed E-state index contributed by atoms with van der Waals surface area (Å²) in [4.78, 5) is 5.53. The second kappa shape index (κ2) is 18.5. The summed E-state index contributed by atoms with van der Waals surface area (Å²) in [6.45, 7) is 16.5. The minimum Gasteiger partial charge on any atom is -0.506 e. The minimum atomic E-state index is -4.91. The number of rotatable bonds is 10. The van der Waals surface area contributed by atoms with Gasteiger partial charge < -0.3 is 13.8 Å². The number of aromatic nitrogens is 1. The first kappa shape index (κ1) is 47.6. The summed E-state index contributed by atoms with van der Waals surface area (Å²) >= 11 is 0. The summed E-state index contributed by atoms with van der Waals surface area (Å²) in [5.74, 6) is -2.20. The van der Waals surface area contributed by atoms with Crippen LogP contribution in [0.5, 0.6) is 11.5 Å². The Morgan fingerprint density at radius 1 is 0.500 bits per heavy atom. The van der Waals surface area contributed by atoms with Crippen LogP contribution in [0.15, 0.2) is 175 Å². The number of fused-ring (bicyclic) bond motifs is 1. The number of alkyl halides is 3. The fourth-order valence-corrected chi connectivity index (χ4v) is 8.90. The van der Waals surface area contributed by atoms with Crippen LogP contribution in [-0.2, 0) is 17.0 Å². The van der Waals surface area contributed by atoms with Crippen LogP contribution in [0.3, 0.4) is 0 Å². The van der Waals surface area contributed by atoms with Crippen molar-refractivity contribution in [1.82, 2.24) is 4.48 Å². The van der Waals surface area contributed by atoms with Gasteiger partial charge in [-0.25, -0.2) is 13.8 Å². The molecular formula is C60H52BF5N2O2. The highest BCUT2D eigenvalue weighted by Gasteiger charge is 2.40. The zero-order valence-corrected chi connectivity index (χ0v) is 40.3. The topological polar surface area (TPSA) is 35.8 Å². The molecule has 0 spiro atoms. The predicted octanol–water partition coefficient (Wildman–Crippen LogP) is 16.1. The highest BCUT2D eigenvalue weighted by Crippen LogP contribution is 2.47. The standard InChI is InChI=1S/C60H52BF5N2O2/c1-37-18-20-42(21-19-37)55-50-16-12-13-17-51(50)56(67-55)54(41-14-10-9-11-15-41)57-52(39-22-26-43(27-23-39)58(3,4)5)36-53(40-24-28-44(29-25-40)59(6,7)8)68(57)61(69-48-31-38(2)30-46(62)34-48)70-49-33-45(60(64,65)66)32-47(63)35-49/h9-36H,1-8H3/b56-54-. The lowest BCUT2D eigenvalue weighted by Gasteiger charge is -2.25. The van der Waals surface area contributed by atoms with Crippen molar-refractivity contribution in [3.63, 3.8) is 0 Å². The molecule has 0 saturated carbocycles. The average Bonchev–Trinajstić information content (AvgIpc) is 3.88. The third-order valence-corrected chi connectivity index (χ3v) is 12.6. The summed E-state index contributed by atoms with van der Waals surface area (Å²) < 4.78 is 89.4. The molecule has 8 aromatic rings. The number of aliphatic imine (C=N–C) groups is 1. The number of nitrogens with zero attached hydrogens (tertiary/aromatic N) is 2. The van der Waals surface area contributed by atoms with Gasteiger partial charge in [-0.1, -0.05) is 174 Å². The van der Waals surface area contributed by atoms with Crippen molar-refractivity contribution in [3.05, 3.63) is 237 Å². The molecule has 1 aliphatic heterocycles. The van der Waals surface area contributed by atoms with Crippen LogP contribution in [0.25, 0.3) is 33.7 Å². The Labute approximate surface area is 407 Å². The molecule has 0 unspecified atom stereocenters. The molecule has 70 heavy (non-hydrogen) atoms. The van der Waals surface area contributed by atoms with E-state index in [1.807, 2.05) is 116 Å². The van der Waals surface area contributed by atoms with Crippen LogP contribution >= 0.6 is 0 Å². The molecule has 7 aromatic carbocycles. The minimum absolute atomic E-state index is 0.0273. The quantitative estimate of drug-likeness (QED) is 0.101. The predicted molar refractivity (Wildman–Crippen MR) is 273 cm³/mol. The number of aryl methyl sites for hydroxylation is 2. The normalized spacial score (nSPS) is 13.5. The van der Waals surface area contributed by atoms with Gasteiger partial charge in [-0.15, -0.1) is 0 Å². The molecule has 0 fully saturated rings. The lowest BCUT2D eigenvalue weighted by Crippen LogP contribution is -2.40. The Morgan fingerprint density at radius 3 is 1.60 bits per heavy atom. The van der Waals surface area contributed by atoms with E-state index in [9.17, 15) is 13.2 Å². The second-order valence-electron chi connectivity index (χ2n) is 20.0. The molecule has 0 N–H and O–H groups in total. The Morgan fingerprint density at radius 2 is 1.03 bits per heavy atom. The first-order valence-electron chi connectivity index (χ1n) is 23.2. The third-order valence-electron chi connectivity index (χ3n) is 12.6. The van der Waals surface area contributed by atoms with Crippen LogP contribution in [0.1, 0.15) is 97.3 Å². The molecule has 0 atom stereocenters. The van der Waals surface area contributed by atoms with Crippen molar-refractivity contribution in [1.29, 1.82) is 0 Å². The van der Waals surface area contributed by atoms with E-state index >= 15 is 8.78 Å². The molecule has 0 aliphatic carbocycles. The van der Waals surface area contributed by atoms with E-state index < -0.39 is 36.4 Å². The Bertz CT molecular complexity index is 3270. The van der Waals surface area contributed by atoms with Crippen molar-refractivity contribution < 1.29 is 31.3 Å². The van der Waals surface area contributed by atoms with Gasteiger partial charge >= 0.3 is 13.4 Å². The molecule has 4 nitrogen and oxygen atoms in total. The van der Waals surface area contributed by atoms with Crippen molar-refractivity contribution in [2.24, 2.45) is 4.99 Å². The second-order valence-corrected chi connectivity index (χ2v) is 20.0. The average molecular weight is 939 g/mol.